The number of ether oxygens (including phenoxy) is 2. The lowest BCUT2D eigenvalue weighted by Crippen LogP contribution is -2.21. The van der Waals surface area contributed by atoms with Crippen molar-refractivity contribution < 1.29 is 14.3 Å². The third-order valence-corrected chi connectivity index (χ3v) is 6.38. The van der Waals surface area contributed by atoms with Gasteiger partial charge >= 0.3 is 5.97 Å². The molecule has 2 aromatic heterocycles. The number of methoxy groups -OCH3 is 1. The van der Waals surface area contributed by atoms with Crippen molar-refractivity contribution in [1.29, 1.82) is 0 Å². The van der Waals surface area contributed by atoms with E-state index in [0.29, 0.717) is 34.2 Å². The van der Waals surface area contributed by atoms with Crippen molar-refractivity contribution in [3.05, 3.63) is 76.5 Å². The van der Waals surface area contributed by atoms with Crippen LogP contribution in [0, 0.1) is 0 Å². The van der Waals surface area contributed by atoms with Gasteiger partial charge in [0.25, 0.3) is 0 Å². The highest BCUT2D eigenvalue weighted by Crippen LogP contribution is 2.29. The summed E-state index contributed by atoms with van der Waals surface area (Å²) < 4.78 is 10.9. The van der Waals surface area contributed by atoms with Crippen molar-refractivity contribution in [1.82, 2.24) is 15.0 Å². The number of esters is 1. The molecule has 1 aliphatic rings. The van der Waals surface area contributed by atoms with Gasteiger partial charge < -0.3 is 19.7 Å². The highest BCUT2D eigenvalue weighted by atomic mass is 32.1. The summed E-state index contributed by atoms with van der Waals surface area (Å²) in [4.78, 5) is 28.6. The van der Waals surface area contributed by atoms with Crippen molar-refractivity contribution in [3.8, 4) is 11.5 Å². The highest BCUT2D eigenvalue weighted by molar-refractivity contribution is 7.12. The number of rotatable bonds is 9. The monoisotopic (exact) mass is 515 g/mol. The first-order valence-corrected chi connectivity index (χ1v) is 12.6. The molecular weight excluding hydrogens is 490 g/mol. The van der Waals surface area contributed by atoms with Crippen LogP contribution in [0.4, 0.5) is 23.5 Å². The van der Waals surface area contributed by atoms with Crippen molar-refractivity contribution in [2.75, 3.05) is 35.8 Å². The number of hydrazone groups is 1. The second kappa shape index (κ2) is 11.5. The molecule has 0 saturated carbocycles. The third-order valence-electron chi connectivity index (χ3n) is 5.53. The van der Waals surface area contributed by atoms with Crippen molar-refractivity contribution in [3.63, 3.8) is 0 Å². The lowest BCUT2D eigenvalue weighted by molar-refractivity contribution is 0.0735. The fraction of sp³-hybridized carbons (Fsp3) is 0.192. The summed E-state index contributed by atoms with van der Waals surface area (Å²) in [6.07, 6.45) is 3.82. The minimum atomic E-state index is -0.431. The third kappa shape index (κ3) is 6.19. The number of carbonyl (C=O) groups is 1. The molecule has 0 bridgehead atoms. The van der Waals surface area contributed by atoms with Crippen LogP contribution in [0.1, 0.15) is 28.1 Å². The van der Waals surface area contributed by atoms with Crippen LogP contribution in [0.3, 0.4) is 0 Å². The van der Waals surface area contributed by atoms with Crippen LogP contribution in [0.2, 0.25) is 0 Å². The number of carbonyl (C=O) groups excluding carboxylic acids is 1. The molecule has 0 atom stereocenters. The Morgan fingerprint density at radius 2 is 1.81 bits per heavy atom. The van der Waals surface area contributed by atoms with E-state index < -0.39 is 5.97 Å². The predicted octanol–water partition coefficient (Wildman–Crippen LogP) is 4.95. The number of para-hydroxylation sites is 1. The summed E-state index contributed by atoms with van der Waals surface area (Å²) in [5.41, 5.74) is 4.51. The fourth-order valence-corrected chi connectivity index (χ4v) is 4.34. The number of anilines is 4. The van der Waals surface area contributed by atoms with Gasteiger partial charge in [-0.2, -0.15) is 20.1 Å². The lowest BCUT2D eigenvalue weighted by atomic mass is 10.2. The van der Waals surface area contributed by atoms with Gasteiger partial charge in [-0.25, -0.2) is 10.2 Å². The van der Waals surface area contributed by atoms with E-state index in [4.69, 9.17) is 9.47 Å². The summed E-state index contributed by atoms with van der Waals surface area (Å²) in [5.74, 6) is 1.66. The van der Waals surface area contributed by atoms with Gasteiger partial charge in [0, 0.05) is 18.8 Å². The summed E-state index contributed by atoms with van der Waals surface area (Å²) in [5, 5.41) is 9.34. The average molecular weight is 516 g/mol. The molecule has 188 valence electrons. The number of aromatic nitrogens is 3. The van der Waals surface area contributed by atoms with Crippen LogP contribution in [-0.2, 0) is 0 Å². The SMILES string of the molecule is COc1cc(/C=N/Nc2nc(Nc3ccccc3)nc(N3CCCC3)n2)ccc1OC(=O)c1cccs1. The molecule has 2 aromatic carbocycles. The molecule has 10 nitrogen and oxygen atoms in total. The highest BCUT2D eigenvalue weighted by Gasteiger charge is 2.18. The van der Waals surface area contributed by atoms with E-state index in [2.05, 4.69) is 35.7 Å². The first-order chi connectivity index (χ1) is 18.2. The van der Waals surface area contributed by atoms with E-state index in [1.807, 2.05) is 35.7 Å². The Morgan fingerprint density at radius 1 is 1.00 bits per heavy atom. The summed E-state index contributed by atoms with van der Waals surface area (Å²) in [6.45, 7) is 1.81. The Morgan fingerprint density at radius 3 is 2.57 bits per heavy atom. The molecule has 0 unspecified atom stereocenters. The van der Waals surface area contributed by atoms with E-state index in [1.165, 1.54) is 18.4 Å². The Kier molecular flexibility index (Phi) is 7.51. The molecule has 0 radical (unpaired) electrons. The molecule has 0 spiro atoms. The minimum Gasteiger partial charge on any atom is -0.493 e. The van der Waals surface area contributed by atoms with Gasteiger partial charge in [-0.1, -0.05) is 24.3 Å². The second-order valence-electron chi connectivity index (χ2n) is 8.11. The zero-order chi connectivity index (χ0) is 25.5. The van der Waals surface area contributed by atoms with Gasteiger partial charge in [0.1, 0.15) is 4.88 Å². The predicted molar refractivity (Wildman–Crippen MR) is 144 cm³/mol. The molecule has 4 aromatic rings. The summed E-state index contributed by atoms with van der Waals surface area (Å²) in [7, 11) is 1.52. The summed E-state index contributed by atoms with van der Waals surface area (Å²) >= 11 is 1.32. The first kappa shape index (κ1) is 24.2. The van der Waals surface area contributed by atoms with Gasteiger partial charge in [0.2, 0.25) is 17.8 Å². The van der Waals surface area contributed by atoms with Gasteiger partial charge in [0.05, 0.1) is 13.3 Å². The molecule has 0 amide bonds. The molecule has 1 aliphatic heterocycles. The minimum absolute atomic E-state index is 0.319. The zero-order valence-electron chi connectivity index (χ0n) is 20.1. The normalized spacial score (nSPS) is 13.1. The number of hydrogen-bond donors (Lipinski definition) is 2. The first-order valence-electron chi connectivity index (χ1n) is 11.7. The molecular formula is C26H25N7O3S. The molecule has 1 saturated heterocycles. The van der Waals surface area contributed by atoms with Gasteiger partial charge in [-0.3, -0.25) is 0 Å². The lowest BCUT2D eigenvalue weighted by Gasteiger charge is -2.16. The van der Waals surface area contributed by atoms with E-state index in [0.717, 1.165) is 37.2 Å². The van der Waals surface area contributed by atoms with Crippen LogP contribution >= 0.6 is 11.3 Å². The molecule has 11 heteroatoms. The maximum Gasteiger partial charge on any atom is 0.353 e. The topological polar surface area (TPSA) is 114 Å². The number of nitrogens with zero attached hydrogens (tertiary/aromatic N) is 5. The van der Waals surface area contributed by atoms with Crippen LogP contribution in [0.5, 0.6) is 11.5 Å². The Hall–Kier alpha value is -4.51. The quantitative estimate of drug-likeness (QED) is 0.138. The maximum absolute atomic E-state index is 12.3. The average Bonchev–Trinajstić information content (AvgIpc) is 3.65. The van der Waals surface area contributed by atoms with Crippen molar-refractivity contribution in [2.45, 2.75) is 12.8 Å². The Labute approximate surface area is 218 Å². The maximum atomic E-state index is 12.3. The van der Waals surface area contributed by atoms with Crippen LogP contribution in [0.25, 0.3) is 0 Å². The molecule has 0 aliphatic carbocycles. The molecule has 2 N–H and O–H groups in total. The number of benzene rings is 2. The Bertz CT molecular complexity index is 1370. The van der Waals surface area contributed by atoms with E-state index in [9.17, 15) is 4.79 Å². The van der Waals surface area contributed by atoms with Crippen molar-refractivity contribution >= 4 is 47.1 Å². The standard InChI is InChI=1S/C26H25N7O3S/c1-35-21-16-18(11-12-20(21)36-23(34)22-10-7-15-37-22)17-27-32-25-29-24(28-19-8-3-2-4-9-19)30-26(31-25)33-13-5-6-14-33/h2-4,7-12,15-17H,5-6,13-14H2,1H3,(H2,28,29,30,31,32)/b27-17+. The van der Waals surface area contributed by atoms with Gasteiger partial charge in [-0.05, 0) is 60.2 Å². The second-order valence-corrected chi connectivity index (χ2v) is 9.06. The number of nitrogens with one attached hydrogen (secondary N) is 2. The zero-order valence-corrected chi connectivity index (χ0v) is 20.9. The van der Waals surface area contributed by atoms with E-state index >= 15 is 0 Å². The largest absolute Gasteiger partial charge is 0.493 e. The van der Waals surface area contributed by atoms with Crippen LogP contribution in [0.15, 0.2) is 71.1 Å². The molecule has 3 heterocycles. The Balaban J connectivity index is 1.31. The fourth-order valence-electron chi connectivity index (χ4n) is 3.74. The molecule has 37 heavy (non-hydrogen) atoms. The number of hydrogen-bond acceptors (Lipinski definition) is 11. The van der Waals surface area contributed by atoms with Crippen LogP contribution < -0.4 is 25.1 Å². The summed E-state index contributed by atoms with van der Waals surface area (Å²) in [6, 6.07) is 18.4. The van der Waals surface area contributed by atoms with Gasteiger partial charge in [0.15, 0.2) is 11.5 Å². The van der Waals surface area contributed by atoms with Crippen LogP contribution in [-0.4, -0.2) is 47.3 Å². The molecule has 1 fully saturated rings. The number of thiophene rings is 1. The van der Waals surface area contributed by atoms with E-state index in [-0.39, 0.29) is 0 Å². The molecule has 5 rings (SSSR count). The van der Waals surface area contributed by atoms with Crippen molar-refractivity contribution in [2.24, 2.45) is 5.10 Å². The van der Waals surface area contributed by atoms with Gasteiger partial charge in [-0.15, -0.1) is 11.3 Å². The smallest absolute Gasteiger partial charge is 0.353 e. The van der Waals surface area contributed by atoms with E-state index in [1.54, 1.807) is 36.5 Å².